The van der Waals surface area contributed by atoms with E-state index in [1.54, 1.807) is 4.90 Å². The van der Waals surface area contributed by atoms with Crippen molar-refractivity contribution in [3.05, 3.63) is 30.1 Å². The molecule has 1 aliphatic heterocycles. The minimum atomic E-state index is -0.420. The van der Waals surface area contributed by atoms with Gasteiger partial charge in [-0.1, -0.05) is 6.07 Å². The zero-order valence-electron chi connectivity index (χ0n) is 11.9. The predicted octanol–water partition coefficient (Wildman–Crippen LogP) is 2.88. The number of ether oxygens (including phenoxy) is 1. The van der Waals surface area contributed by atoms with E-state index in [4.69, 9.17) is 4.74 Å². The molecule has 1 amide bonds. The van der Waals surface area contributed by atoms with Crippen LogP contribution in [0.2, 0.25) is 0 Å². The van der Waals surface area contributed by atoms with E-state index in [1.807, 2.05) is 45.2 Å². The zero-order chi connectivity index (χ0) is 13.9. The molecule has 2 heterocycles. The van der Waals surface area contributed by atoms with Crippen molar-refractivity contribution in [2.75, 3.05) is 13.1 Å². The van der Waals surface area contributed by atoms with E-state index in [9.17, 15) is 4.79 Å². The highest BCUT2D eigenvalue weighted by atomic mass is 16.6. The Kier molecular flexibility index (Phi) is 4.08. The van der Waals surface area contributed by atoms with Crippen LogP contribution in [0.1, 0.15) is 32.9 Å². The number of pyridine rings is 1. The largest absolute Gasteiger partial charge is 0.444 e. The van der Waals surface area contributed by atoms with Crippen LogP contribution in [0.15, 0.2) is 24.4 Å². The van der Waals surface area contributed by atoms with E-state index < -0.39 is 5.60 Å². The topological polar surface area (TPSA) is 42.4 Å². The molecule has 0 N–H and O–H groups in total. The molecular weight excluding hydrogens is 240 g/mol. The van der Waals surface area contributed by atoms with E-state index >= 15 is 0 Å². The third kappa shape index (κ3) is 4.23. The Morgan fingerprint density at radius 3 is 2.89 bits per heavy atom. The summed E-state index contributed by atoms with van der Waals surface area (Å²) in [4.78, 5) is 18.1. The van der Waals surface area contributed by atoms with E-state index in [2.05, 4.69) is 4.98 Å². The predicted molar refractivity (Wildman–Crippen MR) is 73.9 cm³/mol. The molecule has 1 aromatic rings. The maximum atomic E-state index is 11.9. The quantitative estimate of drug-likeness (QED) is 0.823. The van der Waals surface area contributed by atoms with Gasteiger partial charge in [0.15, 0.2) is 0 Å². The van der Waals surface area contributed by atoms with Crippen molar-refractivity contribution >= 4 is 6.09 Å². The van der Waals surface area contributed by atoms with Crippen LogP contribution in [0.25, 0.3) is 0 Å². The second-order valence-electron chi connectivity index (χ2n) is 6.11. The fourth-order valence-corrected chi connectivity index (χ4v) is 2.31. The van der Waals surface area contributed by atoms with Crippen LogP contribution in [0.3, 0.4) is 0 Å². The van der Waals surface area contributed by atoms with Gasteiger partial charge in [0.25, 0.3) is 0 Å². The van der Waals surface area contributed by atoms with Crippen LogP contribution < -0.4 is 0 Å². The Bertz CT molecular complexity index is 426. The highest BCUT2D eigenvalue weighted by Gasteiger charge is 2.29. The summed E-state index contributed by atoms with van der Waals surface area (Å²) in [5.41, 5.74) is 0.675. The summed E-state index contributed by atoms with van der Waals surface area (Å²) < 4.78 is 5.39. The van der Waals surface area contributed by atoms with Gasteiger partial charge < -0.3 is 9.64 Å². The van der Waals surface area contributed by atoms with Crippen molar-refractivity contribution in [2.45, 2.75) is 39.2 Å². The number of nitrogens with zero attached hydrogens (tertiary/aromatic N) is 2. The molecule has 1 aromatic heterocycles. The molecule has 4 nitrogen and oxygen atoms in total. The Balaban J connectivity index is 1.85. The average molecular weight is 262 g/mol. The lowest BCUT2D eigenvalue weighted by Crippen LogP contribution is -2.35. The number of hydrogen-bond acceptors (Lipinski definition) is 3. The number of rotatable bonds is 2. The molecule has 1 fully saturated rings. The second kappa shape index (κ2) is 5.59. The van der Waals surface area contributed by atoms with E-state index in [1.165, 1.54) is 0 Å². The van der Waals surface area contributed by atoms with Gasteiger partial charge in [-0.05, 0) is 51.7 Å². The molecule has 0 aliphatic carbocycles. The molecule has 0 bridgehead atoms. The zero-order valence-corrected chi connectivity index (χ0v) is 11.9. The molecule has 19 heavy (non-hydrogen) atoms. The summed E-state index contributed by atoms with van der Waals surface area (Å²) in [6.45, 7) is 7.24. The van der Waals surface area contributed by atoms with Crippen LogP contribution in [-0.2, 0) is 11.2 Å². The summed E-state index contributed by atoms with van der Waals surface area (Å²) >= 11 is 0. The molecule has 4 heteroatoms. The van der Waals surface area contributed by atoms with Crippen LogP contribution in [-0.4, -0.2) is 34.7 Å². The maximum Gasteiger partial charge on any atom is 0.410 e. The number of likely N-dealkylation sites (tertiary alicyclic amines) is 1. The van der Waals surface area contributed by atoms with Crippen molar-refractivity contribution < 1.29 is 9.53 Å². The highest BCUT2D eigenvalue weighted by molar-refractivity contribution is 5.68. The smallest absolute Gasteiger partial charge is 0.410 e. The average Bonchev–Trinajstić information content (AvgIpc) is 2.77. The third-order valence-corrected chi connectivity index (χ3v) is 3.16. The van der Waals surface area contributed by atoms with Crippen molar-refractivity contribution in [1.29, 1.82) is 0 Å². The third-order valence-electron chi connectivity index (χ3n) is 3.16. The van der Waals surface area contributed by atoms with Gasteiger partial charge in [0.05, 0.1) is 0 Å². The van der Waals surface area contributed by atoms with Crippen LogP contribution in [0.5, 0.6) is 0 Å². The summed E-state index contributed by atoms with van der Waals surface area (Å²) in [6, 6.07) is 5.96. The van der Waals surface area contributed by atoms with Crippen molar-refractivity contribution in [2.24, 2.45) is 5.92 Å². The molecule has 0 spiro atoms. The summed E-state index contributed by atoms with van der Waals surface area (Å²) in [6.07, 6.45) is 3.57. The monoisotopic (exact) mass is 262 g/mol. The van der Waals surface area contributed by atoms with Gasteiger partial charge in [0.1, 0.15) is 5.60 Å². The van der Waals surface area contributed by atoms with Crippen molar-refractivity contribution in [1.82, 2.24) is 9.88 Å². The lowest BCUT2D eigenvalue weighted by Gasteiger charge is -2.24. The van der Waals surface area contributed by atoms with E-state index in [-0.39, 0.29) is 6.09 Å². The van der Waals surface area contributed by atoms with Crippen LogP contribution >= 0.6 is 0 Å². The van der Waals surface area contributed by atoms with Crippen molar-refractivity contribution in [3.8, 4) is 0 Å². The van der Waals surface area contributed by atoms with E-state index in [0.29, 0.717) is 5.92 Å². The Hall–Kier alpha value is -1.58. The highest BCUT2D eigenvalue weighted by Crippen LogP contribution is 2.22. The molecular formula is C15H22N2O2. The lowest BCUT2D eigenvalue weighted by molar-refractivity contribution is 0.0288. The molecule has 104 valence electrons. The van der Waals surface area contributed by atoms with Gasteiger partial charge in [0, 0.05) is 25.0 Å². The first kappa shape index (κ1) is 13.8. The van der Waals surface area contributed by atoms with Crippen molar-refractivity contribution in [3.63, 3.8) is 0 Å². The fraction of sp³-hybridized carbons (Fsp3) is 0.600. The van der Waals surface area contributed by atoms with E-state index in [0.717, 1.165) is 31.6 Å². The molecule has 0 saturated carbocycles. The number of hydrogen-bond donors (Lipinski definition) is 0. The Morgan fingerprint density at radius 2 is 2.26 bits per heavy atom. The Labute approximate surface area is 114 Å². The molecule has 0 unspecified atom stereocenters. The summed E-state index contributed by atoms with van der Waals surface area (Å²) in [7, 11) is 0. The van der Waals surface area contributed by atoms with Crippen LogP contribution in [0, 0.1) is 5.92 Å². The number of amides is 1. The van der Waals surface area contributed by atoms with Gasteiger partial charge in [-0.2, -0.15) is 0 Å². The minimum absolute atomic E-state index is 0.198. The molecule has 1 atom stereocenters. The lowest BCUT2D eigenvalue weighted by atomic mass is 10.0. The van der Waals surface area contributed by atoms with Gasteiger partial charge in [-0.3, -0.25) is 4.98 Å². The normalized spacial score (nSPS) is 19.5. The number of carbonyl (C=O) groups is 1. The fourth-order valence-electron chi connectivity index (χ4n) is 2.31. The molecule has 0 aromatic carbocycles. The van der Waals surface area contributed by atoms with Gasteiger partial charge in [-0.25, -0.2) is 4.79 Å². The first-order chi connectivity index (χ1) is 8.94. The molecule has 1 saturated heterocycles. The summed E-state index contributed by atoms with van der Waals surface area (Å²) in [5.74, 6) is 0.488. The Morgan fingerprint density at radius 1 is 1.47 bits per heavy atom. The standard InChI is InChI=1S/C15H22N2O2/c1-15(2,3)19-14(18)17-9-7-12(11-17)10-13-6-4-5-8-16-13/h4-6,8,12H,7,9-11H2,1-3H3/t12-/m0/s1. The maximum absolute atomic E-state index is 11.9. The first-order valence-electron chi connectivity index (χ1n) is 6.82. The SMILES string of the molecule is CC(C)(C)OC(=O)N1CC[C@@H](Cc2ccccn2)C1. The molecule has 2 rings (SSSR count). The first-order valence-corrected chi connectivity index (χ1v) is 6.82. The molecule has 0 radical (unpaired) electrons. The van der Waals surface area contributed by atoms with Gasteiger partial charge in [0.2, 0.25) is 0 Å². The second-order valence-corrected chi connectivity index (χ2v) is 6.11. The number of aromatic nitrogens is 1. The van der Waals surface area contributed by atoms with Gasteiger partial charge in [-0.15, -0.1) is 0 Å². The minimum Gasteiger partial charge on any atom is -0.444 e. The van der Waals surface area contributed by atoms with Crippen LogP contribution in [0.4, 0.5) is 4.79 Å². The van der Waals surface area contributed by atoms with Gasteiger partial charge >= 0.3 is 6.09 Å². The number of carbonyl (C=O) groups excluding carboxylic acids is 1. The summed E-state index contributed by atoms with van der Waals surface area (Å²) in [5, 5.41) is 0. The molecule has 1 aliphatic rings.